The molecule has 3 rings (SSSR count). The fourth-order valence-corrected chi connectivity index (χ4v) is 4.99. The first kappa shape index (κ1) is 26.4. The number of hydrogen-bond acceptors (Lipinski definition) is 10. The highest BCUT2D eigenvalue weighted by Gasteiger charge is 2.28. The molecular weight excluding hydrogens is 470 g/mol. The number of esters is 2. The number of nitrogens with zero attached hydrogens (tertiary/aromatic N) is 4. The molecule has 11 heteroatoms. The molecule has 1 saturated heterocycles. The Morgan fingerprint density at radius 1 is 1.17 bits per heavy atom. The Morgan fingerprint density at radius 2 is 1.83 bits per heavy atom. The minimum atomic E-state index is -0.229. The lowest BCUT2D eigenvalue weighted by Gasteiger charge is -2.38. The summed E-state index contributed by atoms with van der Waals surface area (Å²) in [7, 11) is 0. The van der Waals surface area contributed by atoms with Gasteiger partial charge in [0, 0.05) is 42.2 Å². The first-order valence-electron chi connectivity index (χ1n) is 11.8. The zero-order chi connectivity index (χ0) is 25.2. The number of carbonyl (C=O) groups excluding carboxylic acids is 2. The average molecular weight is 504 g/mol. The van der Waals surface area contributed by atoms with E-state index in [0.717, 1.165) is 42.3 Å². The molecule has 3 N–H and O–H groups in total. The summed E-state index contributed by atoms with van der Waals surface area (Å²) in [5.41, 5.74) is 8.01. The van der Waals surface area contributed by atoms with E-state index in [-0.39, 0.29) is 30.2 Å². The molecule has 10 nitrogen and oxygen atoms in total. The summed E-state index contributed by atoms with van der Waals surface area (Å²) < 4.78 is 10.2. The molecule has 0 aliphatic carbocycles. The van der Waals surface area contributed by atoms with Crippen LogP contribution in [0.2, 0.25) is 0 Å². The average Bonchev–Trinajstić information content (AvgIpc) is 3.35. The molecule has 1 fully saturated rings. The number of oxime groups is 1. The minimum Gasteiger partial charge on any atom is -0.466 e. The third-order valence-corrected chi connectivity index (χ3v) is 6.72. The number of nitrogens with two attached hydrogens (primary N) is 1. The van der Waals surface area contributed by atoms with Gasteiger partial charge in [0.25, 0.3) is 0 Å². The monoisotopic (exact) mass is 503 g/mol. The van der Waals surface area contributed by atoms with Crippen LogP contribution in [0.4, 0.5) is 5.13 Å². The van der Waals surface area contributed by atoms with Crippen molar-refractivity contribution in [3.63, 3.8) is 0 Å². The Labute approximate surface area is 209 Å². The Bertz CT molecular complexity index is 1000. The van der Waals surface area contributed by atoms with Crippen LogP contribution in [0.3, 0.4) is 0 Å². The lowest BCUT2D eigenvalue weighted by atomic mass is 10.0. The van der Waals surface area contributed by atoms with Gasteiger partial charge in [-0.25, -0.2) is 4.98 Å². The van der Waals surface area contributed by atoms with Crippen LogP contribution in [0.25, 0.3) is 11.3 Å². The largest absolute Gasteiger partial charge is 0.466 e. The topological polar surface area (TPSA) is 131 Å². The number of rotatable bonds is 11. The lowest BCUT2D eigenvalue weighted by molar-refractivity contribution is -0.145. The lowest BCUT2D eigenvalue weighted by Crippen LogP contribution is -2.47. The number of likely N-dealkylation sites (tertiary alicyclic amines) is 1. The van der Waals surface area contributed by atoms with E-state index in [9.17, 15) is 9.59 Å². The third kappa shape index (κ3) is 7.40. The van der Waals surface area contributed by atoms with Crippen molar-refractivity contribution in [1.29, 1.82) is 0 Å². The van der Waals surface area contributed by atoms with Crippen LogP contribution in [0.1, 0.15) is 38.7 Å². The summed E-state index contributed by atoms with van der Waals surface area (Å²) in [5.74, 6) is -0.379. The fraction of sp³-hybridized carbons (Fsp3) is 0.500. The number of hydrogen-bond donors (Lipinski definition) is 2. The maximum Gasteiger partial charge on any atom is 0.320 e. The second kappa shape index (κ2) is 13.1. The maximum absolute atomic E-state index is 12.1. The predicted molar refractivity (Wildman–Crippen MR) is 135 cm³/mol. The van der Waals surface area contributed by atoms with Crippen LogP contribution in [-0.2, 0) is 19.1 Å². The quantitative estimate of drug-likeness (QED) is 0.156. The van der Waals surface area contributed by atoms with Gasteiger partial charge >= 0.3 is 11.9 Å². The highest BCUT2D eigenvalue weighted by molar-refractivity contribution is 7.14. The Balaban J connectivity index is 1.72. The number of aromatic nitrogens is 1. The van der Waals surface area contributed by atoms with Gasteiger partial charge in [0.05, 0.1) is 31.9 Å². The van der Waals surface area contributed by atoms with Crippen LogP contribution in [-0.4, -0.2) is 78.3 Å². The first-order valence-corrected chi connectivity index (χ1v) is 12.7. The second-order valence-corrected chi connectivity index (χ2v) is 8.98. The number of amidine groups is 1. The number of thiazole rings is 1. The molecule has 35 heavy (non-hydrogen) atoms. The molecule has 1 aromatic heterocycles. The zero-order valence-electron chi connectivity index (χ0n) is 20.2. The molecule has 190 valence electrons. The Hall–Kier alpha value is -3.18. The fourth-order valence-electron chi connectivity index (χ4n) is 4.06. The van der Waals surface area contributed by atoms with Crippen molar-refractivity contribution in [1.82, 2.24) is 9.88 Å². The van der Waals surface area contributed by atoms with E-state index < -0.39 is 0 Å². The number of anilines is 1. The standard InChI is InChI=1S/C24H33N5O5S/c1-3-33-21(30)11-14-29(19-9-12-28(13-10-19)15-22(31)34-4-2)24-26-20(16-35-24)17-5-7-18(8-6-17)23(25)27-32/h5-8,16,19,32H,3-4,9-15H2,1-2H3,(H2,25,27). The van der Waals surface area contributed by atoms with Gasteiger partial charge in [-0.2, -0.15) is 0 Å². The van der Waals surface area contributed by atoms with Crippen LogP contribution >= 0.6 is 11.3 Å². The molecule has 0 unspecified atom stereocenters. The molecule has 1 aliphatic rings. The molecule has 0 atom stereocenters. The van der Waals surface area contributed by atoms with Gasteiger partial charge in [-0.05, 0) is 26.7 Å². The van der Waals surface area contributed by atoms with Gasteiger partial charge in [0.15, 0.2) is 11.0 Å². The summed E-state index contributed by atoms with van der Waals surface area (Å²) in [5, 5.41) is 14.7. The number of benzene rings is 1. The van der Waals surface area contributed by atoms with Crippen LogP contribution in [0.15, 0.2) is 34.8 Å². The van der Waals surface area contributed by atoms with Crippen molar-refractivity contribution in [2.45, 2.75) is 39.2 Å². The van der Waals surface area contributed by atoms with Crippen LogP contribution in [0.5, 0.6) is 0 Å². The van der Waals surface area contributed by atoms with E-state index in [0.29, 0.717) is 31.9 Å². The smallest absolute Gasteiger partial charge is 0.320 e. The molecule has 0 amide bonds. The normalized spacial score (nSPS) is 15.1. The summed E-state index contributed by atoms with van der Waals surface area (Å²) in [4.78, 5) is 33.1. The number of ether oxygens (including phenoxy) is 2. The van der Waals surface area contributed by atoms with Gasteiger partial charge in [0.2, 0.25) is 0 Å². The molecule has 2 aromatic rings. The van der Waals surface area contributed by atoms with Crippen molar-refractivity contribution in [3.8, 4) is 11.3 Å². The summed E-state index contributed by atoms with van der Waals surface area (Å²) >= 11 is 1.53. The molecule has 1 aromatic carbocycles. The van der Waals surface area contributed by atoms with Crippen molar-refractivity contribution in [2.24, 2.45) is 10.9 Å². The minimum absolute atomic E-state index is 0.0509. The second-order valence-electron chi connectivity index (χ2n) is 8.14. The van der Waals surface area contributed by atoms with Crippen molar-refractivity contribution in [3.05, 3.63) is 35.2 Å². The predicted octanol–water partition coefficient (Wildman–Crippen LogP) is 2.69. The molecule has 1 aliphatic heterocycles. The molecular formula is C24H33N5O5S. The summed E-state index contributed by atoms with van der Waals surface area (Å²) in [6.07, 6.45) is 1.98. The van der Waals surface area contributed by atoms with Crippen molar-refractivity contribution in [2.75, 3.05) is 44.3 Å². The maximum atomic E-state index is 12.1. The molecule has 0 saturated carbocycles. The SMILES string of the molecule is CCOC(=O)CCN(c1nc(-c2ccc(/C(N)=N/O)cc2)cs1)C1CCN(CC(=O)OCC)CC1. The van der Waals surface area contributed by atoms with Gasteiger partial charge in [-0.3, -0.25) is 14.5 Å². The molecule has 2 heterocycles. The van der Waals surface area contributed by atoms with Gasteiger partial charge in [-0.1, -0.05) is 29.4 Å². The van der Waals surface area contributed by atoms with E-state index in [1.54, 1.807) is 26.0 Å². The first-order chi connectivity index (χ1) is 16.9. The Morgan fingerprint density at radius 3 is 2.46 bits per heavy atom. The van der Waals surface area contributed by atoms with E-state index in [1.807, 2.05) is 17.5 Å². The van der Waals surface area contributed by atoms with Gasteiger partial charge < -0.3 is 25.3 Å². The van der Waals surface area contributed by atoms with Crippen molar-refractivity contribution < 1.29 is 24.3 Å². The highest BCUT2D eigenvalue weighted by Crippen LogP contribution is 2.31. The van der Waals surface area contributed by atoms with Crippen LogP contribution in [0, 0.1) is 0 Å². The van der Waals surface area contributed by atoms with Gasteiger partial charge in [0.1, 0.15) is 0 Å². The number of carbonyl (C=O) groups is 2. The Kier molecular flexibility index (Phi) is 9.86. The van der Waals surface area contributed by atoms with Crippen molar-refractivity contribution >= 4 is 34.2 Å². The molecule has 0 radical (unpaired) electrons. The van der Waals surface area contributed by atoms with E-state index in [4.69, 9.17) is 25.4 Å². The summed E-state index contributed by atoms with van der Waals surface area (Å²) in [6.45, 7) is 6.69. The van der Waals surface area contributed by atoms with Gasteiger partial charge in [-0.15, -0.1) is 11.3 Å². The van der Waals surface area contributed by atoms with E-state index in [2.05, 4.69) is 15.0 Å². The molecule has 0 bridgehead atoms. The third-order valence-electron chi connectivity index (χ3n) is 5.84. The van der Waals surface area contributed by atoms with Crippen LogP contribution < -0.4 is 10.6 Å². The summed E-state index contributed by atoms with van der Waals surface area (Å²) in [6, 6.07) is 7.51. The highest BCUT2D eigenvalue weighted by atomic mass is 32.1. The zero-order valence-corrected chi connectivity index (χ0v) is 21.0. The molecule has 0 spiro atoms. The van der Waals surface area contributed by atoms with E-state index >= 15 is 0 Å². The number of piperidine rings is 1. The van der Waals surface area contributed by atoms with E-state index in [1.165, 1.54) is 11.3 Å².